The van der Waals surface area contributed by atoms with E-state index in [2.05, 4.69) is 15.2 Å². The summed E-state index contributed by atoms with van der Waals surface area (Å²) in [7, 11) is 3.41. The minimum atomic E-state index is -0.00531. The number of benzene rings is 1. The summed E-state index contributed by atoms with van der Waals surface area (Å²) < 4.78 is 7.93. The number of thioether (sulfide) groups is 1. The number of hydrogen-bond donors (Lipinski definition) is 0. The molecule has 0 atom stereocenters. The third kappa shape index (κ3) is 5.12. The molecule has 0 saturated carbocycles. The normalized spacial score (nSPS) is 10.8. The zero-order chi connectivity index (χ0) is 22.5. The van der Waals surface area contributed by atoms with Crippen molar-refractivity contribution >= 4 is 40.6 Å². The van der Waals surface area contributed by atoms with E-state index in [1.54, 1.807) is 31.5 Å². The van der Waals surface area contributed by atoms with Crippen molar-refractivity contribution in [2.45, 2.75) is 11.7 Å². The highest BCUT2D eigenvalue weighted by Crippen LogP contribution is 2.29. The fraction of sp³-hybridized carbons (Fsp3) is 0.182. The first kappa shape index (κ1) is 22.3. The summed E-state index contributed by atoms with van der Waals surface area (Å²) >= 11 is 8.82. The predicted octanol–water partition coefficient (Wildman–Crippen LogP) is 4.80. The largest absolute Gasteiger partial charge is 0.497 e. The maximum Gasteiger partial charge on any atom is 0.233 e. The van der Waals surface area contributed by atoms with Gasteiger partial charge in [-0.05, 0) is 48.5 Å². The van der Waals surface area contributed by atoms with Gasteiger partial charge in [0.1, 0.15) is 5.75 Å². The second kappa shape index (κ2) is 10.2. The van der Waals surface area contributed by atoms with E-state index < -0.39 is 0 Å². The predicted molar refractivity (Wildman–Crippen MR) is 128 cm³/mol. The number of carbonyl (C=O) groups excluding carboxylic acids is 1. The number of carbonyl (C=O) groups is 1. The summed E-state index contributed by atoms with van der Waals surface area (Å²) in [4.78, 5) is 19.5. The van der Waals surface area contributed by atoms with Gasteiger partial charge < -0.3 is 9.64 Å². The number of thiophene rings is 1. The Bertz CT molecular complexity index is 1190. The van der Waals surface area contributed by atoms with E-state index in [4.69, 9.17) is 16.3 Å². The van der Waals surface area contributed by atoms with E-state index in [1.165, 1.54) is 23.1 Å². The van der Waals surface area contributed by atoms with Gasteiger partial charge in [-0.2, -0.15) is 0 Å². The molecule has 0 aliphatic rings. The number of amides is 1. The molecule has 7 nitrogen and oxygen atoms in total. The van der Waals surface area contributed by atoms with E-state index in [0.717, 1.165) is 21.9 Å². The van der Waals surface area contributed by atoms with Crippen molar-refractivity contribution < 1.29 is 9.53 Å². The van der Waals surface area contributed by atoms with Gasteiger partial charge in [-0.15, -0.1) is 21.5 Å². The van der Waals surface area contributed by atoms with Gasteiger partial charge in [0, 0.05) is 35.6 Å². The van der Waals surface area contributed by atoms with E-state index in [0.29, 0.717) is 21.9 Å². The number of hydrogen-bond acceptors (Lipinski definition) is 7. The van der Waals surface area contributed by atoms with Crippen molar-refractivity contribution in [1.82, 2.24) is 24.6 Å². The third-order valence-electron chi connectivity index (χ3n) is 4.67. The second-order valence-corrected chi connectivity index (χ2v) is 9.56. The fourth-order valence-electron chi connectivity index (χ4n) is 3.01. The van der Waals surface area contributed by atoms with Crippen LogP contribution < -0.4 is 4.74 Å². The van der Waals surface area contributed by atoms with Gasteiger partial charge in [-0.3, -0.25) is 14.3 Å². The molecule has 0 fully saturated rings. The molecule has 3 aromatic heterocycles. The first-order valence-corrected chi connectivity index (χ1v) is 11.8. The Hall–Kier alpha value is -2.88. The van der Waals surface area contributed by atoms with Crippen LogP contribution in [0.3, 0.4) is 0 Å². The molecule has 0 spiro atoms. The minimum absolute atomic E-state index is 0.00531. The number of rotatable bonds is 8. The van der Waals surface area contributed by atoms with Crippen LogP contribution in [0.1, 0.15) is 4.88 Å². The van der Waals surface area contributed by atoms with Gasteiger partial charge >= 0.3 is 0 Å². The highest BCUT2D eigenvalue weighted by molar-refractivity contribution is 7.99. The summed E-state index contributed by atoms with van der Waals surface area (Å²) in [5.74, 6) is 1.66. The Morgan fingerprint density at radius 1 is 1.12 bits per heavy atom. The summed E-state index contributed by atoms with van der Waals surface area (Å²) in [6.07, 6.45) is 3.43. The molecule has 1 aromatic carbocycles. The topological polar surface area (TPSA) is 73.1 Å². The zero-order valence-electron chi connectivity index (χ0n) is 17.4. The second-order valence-electron chi connectivity index (χ2n) is 6.82. The molecule has 0 saturated heterocycles. The Morgan fingerprint density at radius 2 is 1.88 bits per heavy atom. The summed E-state index contributed by atoms with van der Waals surface area (Å²) in [5, 5.41) is 9.39. The van der Waals surface area contributed by atoms with Gasteiger partial charge in [0.2, 0.25) is 5.91 Å². The van der Waals surface area contributed by atoms with Gasteiger partial charge in [0.25, 0.3) is 0 Å². The molecular formula is C22H20ClN5O2S2. The maximum absolute atomic E-state index is 12.7. The lowest BCUT2D eigenvalue weighted by Gasteiger charge is -2.16. The summed E-state index contributed by atoms with van der Waals surface area (Å²) in [5.41, 5.74) is 1.76. The number of halogens is 1. The van der Waals surface area contributed by atoms with Crippen LogP contribution in [0.15, 0.2) is 66.1 Å². The molecule has 0 N–H and O–H groups in total. The molecular weight excluding hydrogens is 466 g/mol. The number of methoxy groups -OCH3 is 1. The maximum atomic E-state index is 12.7. The van der Waals surface area contributed by atoms with Crippen molar-refractivity contribution in [3.8, 4) is 22.8 Å². The summed E-state index contributed by atoms with van der Waals surface area (Å²) in [6, 6.07) is 15.2. The van der Waals surface area contributed by atoms with Crippen molar-refractivity contribution in [3.63, 3.8) is 0 Å². The van der Waals surface area contributed by atoms with Gasteiger partial charge in [0.05, 0.1) is 23.7 Å². The minimum Gasteiger partial charge on any atom is -0.497 e. The van der Waals surface area contributed by atoms with Crippen LogP contribution in [0, 0.1) is 0 Å². The quantitative estimate of drug-likeness (QED) is 0.334. The van der Waals surface area contributed by atoms with Crippen molar-refractivity contribution in [2.24, 2.45) is 0 Å². The number of pyridine rings is 1. The molecule has 0 unspecified atom stereocenters. The van der Waals surface area contributed by atoms with Crippen LogP contribution >= 0.6 is 34.7 Å². The monoisotopic (exact) mass is 485 g/mol. The number of ether oxygens (including phenoxy) is 1. The van der Waals surface area contributed by atoms with Crippen LogP contribution in [0.25, 0.3) is 17.1 Å². The van der Waals surface area contributed by atoms with Gasteiger partial charge in [-0.1, -0.05) is 23.4 Å². The first-order chi connectivity index (χ1) is 15.5. The highest BCUT2D eigenvalue weighted by atomic mass is 35.5. The van der Waals surface area contributed by atoms with Crippen LogP contribution in [0.4, 0.5) is 0 Å². The first-order valence-electron chi connectivity index (χ1n) is 9.66. The molecule has 4 rings (SSSR count). The third-order valence-corrected chi connectivity index (χ3v) is 6.80. The molecule has 0 bridgehead atoms. The molecule has 0 aliphatic carbocycles. The van der Waals surface area contributed by atoms with E-state index in [9.17, 15) is 4.79 Å². The van der Waals surface area contributed by atoms with E-state index in [-0.39, 0.29) is 11.7 Å². The summed E-state index contributed by atoms with van der Waals surface area (Å²) in [6.45, 7) is 0.518. The van der Waals surface area contributed by atoms with Crippen molar-refractivity contribution in [3.05, 3.63) is 70.1 Å². The smallest absolute Gasteiger partial charge is 0.233 e. The lowest BCUT2D eigenvalue weighted by molar-refractivity contribution is -0.127. The lowest BCUT2D eigenvalue weighted by atomic mass is 10.2. The van der Waals surface area contributed by atoms with Crippen molar-refractivity contribution in [2.75, 3.05) is 19.9 Å². The average molecular weight is 486 g/mol. The molecule has 10 heteroatoms. The molecule has 164 valence electrons. The number of aromatic nitrogens is 4. The zero-order valence-corrected chi connectivity index (χ0v) is 19.8. The Balaban J connectivity index is 1.56. The lowest BCUT2D eigenvalue weighted by Crippen LogP contribution is -2.27. The Labute approximate surface area is 199 Å². The fourth-order valence-corrected chi connectivity index (χ4v) is 5.04. The molecule has 32 heavy (non-hydrogen) atoms. The SMILES string of the molecule is COc1ccc(-n2c(SCC(=O)N(C)Cc3ccc(Cl)s3)nnc2-c2ccncc2)cc1. The van der Waals surface area contributed by atoms with E-state index in [1.807, 2.05) is 53.1 Å². The molecule has 0 radical (unpaired) electrons. The van der Waals surface area contributed by atoms with Crippen LogP contribution in [-0.4, -0.2) is 50.5 Å². The van der Waals surface area contributed by atoms with Crippen LogP contribution in [-0.2, 0) is 11.3 Å². The molecule has 4 aromatic rings. The molecule has 0 aliphatic heterocycles. The van der Waals surface area contributed by atoms with Crippen molar-refractivity contribution in [1.29, 1.82) is 0 Å². The Morgan fingerprint density at radius 3 is 2.53 bits per heavy atom. The van der Waals surface area contributed by atoms with Gasteiger partial charge in [0.15, 0.2) is 11.0 Å². The average Bonchev–Trinajstić information content (AvgIpc) is 3.43. The standard InChI is InChI=1S/C22H20ClN5O2S2/c1-27(13-18-7-8-19(23)32-18)20(29)14-31-22-26-25-21(15-9-11-24-12-10-15)28(22)16-3-5-17(30-2)6-4-16/h3-12H,13-14H2,1-2H3. The van der Waals surface area contributed by atoms with Crippen LogP contribution in [0.5, 0.6) is 5.75 Å². The number of nitrogens with zero attached hydrogens (tertiary/aromatic N) is 5. The Kier molecular flexibility index (Phi) is 7.09. The highest BCUT2D eigenvalue weighted by Gasteiger charge is 2.19. The van der Waals surface area contributed by atoms with Crippen LogP contribution in [0.2, 0.25) is 4.34 Å². The van der Waals surface area contributed by atoms with E-state index >= 15 is 0 Å². The molecule has 1 amide bonds. The molecule has 3 heterocycles. The van der Waals surface area contributed by atoms with Gasteiger partial charge in [-0.25, -0.2) is 0 Å².